The third-order valence-corrected chi connectivity index (χ3v) is 3.18. The molecule has 0 aromatic heterocycles. The fraction of sp³-hybridized carbons (Fsp3) is 1.00. The van der Waals surface area contributed by atoms with Crippen molar-refractivity contribution in [2.45, 2.75) is 10.3 Å². The molecule has 0 aliphatic carbocycles. The van der Waals surface area contributed by atoms with Crippen LogP contribution in [0.4, 0.5) is 0 Å². The Hall–Kier alpha value is 1.05. The Morgan fingerprint density at radius 2 is 1.86 bits per heavy atom. The summed E-state index contributed by atoms with van der Waals surface area (Å²) >= 11 is -0.970. The Kier molecular flexibility index (Phi) is 3.62. The zero-order valence-electron chi connectivity index (χ0n) is 3.50. The molecule has 44 valence electrons. The Labute approximate surface area is 55.7 Å². The normalized spacial score (nSPS) is 12.0. The summed E-state index contributed by atoms with van der Waals surface area (Å²) in [5.74, 6) is -2.45. The van der Waals surface area contributed by atoms with E-state index in [4.69, 9.17) is 15.3 Å². The summed E-state index contributed by atoms with van der Waals surface area (Å²) in [6.07, 6.45) is 0. The first-order chi connectivity index (χ1) is 3.06. The summed E-state index contributed by atoms with van der Waals surface area (Å²) in [5.41, 5.74) is 0. The maximum atomic E-state index is 8.12. The van der Waals surface area contributed by atoms with Gasteiger partial charge < -0.3 is 0 Å². The van der Waals surface area contributed by atoms with Crippen LogP contribution in [0.5, 0.6) is 0 Å². The van der Waals surface area contributed by atoms with Crippen LogP contribution in [0, 0.1) is 0 Å². The second-order valence-corrected chi connectivity index (χ2v) is 5.14. The zero-order chi connectivity index (χ0) is 5.91. The van der Waals surface area contributed by atoms with Gasteiger partial charge >= 0.3 is 55.6 Å². The monoisotopic (exact) mass is 232 g/mol. The molecule has 0 bridgehead atoms. The number of hydrogen-bond acceptors (Lipinski definition) is 4. The predicted octanol–water partition coefficient (Wildman–Crippen LogP) is -1.68. The fourth-order valence-corrected chi connectivity index (χ4v) is 2.13. The summed E-state index contributed by atoms with van der Waals surface area (Å²) < 4.78 is 0.0411. The molecule has 0 aromatic carbocycles. The van der Waals surface area contributed by atoms with E-state index in [1.165, 1.54) is 0 Å². The van der Waals surface area contributed by atoms with Crippen LogP contribution in [-0.4, -0.2) is 41.5 Å². The molecule has 3 nitrogen and oxygen atoms in total. The molecule has 0 spiro atoms. The molecule has 0 radical (unpaired) electrons. The van der Waals surface area contributed by atoms with Crippen molar-refractivity contribution in [3.05, 3.63) is 0 Å². The molecule has 0 saturated carbocycles. The quantitative estimate of drug-likeness (QED) is 0.261. The third-order valence-electron chi connectivity index (χ3n) is 0.316. The van der Waals surface area contributed by atoms with Crippen LogP contribution in [0.25, 0.3) is 0 Å². The van der Waals surface area contributed by atoms with Gasteiger partial charge in [0.2, 0.25) is 0 Å². The van der Waals surface area contributed by atoms with E-state index in [-0.39, 0.29) is 4.37 Å². The Bertz CT molecular complexity index is 51.4. The van der Waals surface area contributed by atoms with E-state index in [1.54, 1.807) is 0 Å². The molecule has 0 aliphatic rings. The molecule has 0 amide bonds. The summed E-state index contributed by atoms with van der Waals surface area (Å²) in [6.45, 7) is 0. The number of hydrogen-bond donors (Lipinski definition) is 4. The molecule has 3 N–H and O–H groups in total. The Balaban J connectivity index is 3.15. The van der Waals surface area contributed by atoms with Gasteiger partial charge in [-0.15, -0.1) is 0 Å². The van der Waals surface area contributed by atoms with E-state index >= 15 is 0 Å². The van der Waals surface area contributed by atoms with Crippen molar-refractivity contribution in [3.8, 4) is 0 Å². The molecule has 0 heterocycles. The maximum absolute atomic E-state index is 8.12. The summed E-state index contributed by atoms with van der Waals surface area (Å²) in [5, 5.41) is 24.4. The van der Waals surface area contributed by atoms with Gasteiger partial charge in [0.25, 0.3) is 0 Å². The molecule has 7 heavy (non-hydrogen) atoms. The number of aliphatic hydroxyl groups is 3. The zero-order valence-corrected chi connectivity index (χ0v) is 7.24. The van der Waals surface area contributed by atoms with Gasteiger partial charge in [0.05, 0.1) is 0 Å². The van der Waals surface area contributed by atoms with Crippen LogP contribution in [-0.2, 0) is 0 Å². The van der Waals surface area contributed by atoms with E-state index in [1.807, 2.05) is 0 Å². The van der Waals surface area contributed by atoms with Crippen LogP contribution in [0.1, 0.15) is 0 Å². The van der Waals surface area contributed by atoms with E-state index in [2.05, 4.69) is 9.72 Å². The van der Waals surface area contributed by atoms with Gasteiger partial charge in [-0.05, 0) is 0 Å². The van der Waals surface area contributed by atoms with Crippen LogP contribution < -0.4 is 0 Å². The van der Waals surface area contributed by atoms with E-state index in [9.17, 15) is 0 Å². The predicted molar refractivity (Wildman–Crippen MR) is 30.3 cm³/mol. The van der Waals surface area contributed by atoms with Crippen molar-refractivity contribution >= 4 is 29.9 Å². The number of thiol groups is 1. The average Bonchev–Trinajstić information content (AvgIpc) is 1.30. The minimum absolute atomic E-state index is 0.0411. The van der Waals surface area contributed by atoms with Crippen molar-refractivity contribution < 1.29 is 15.3 Å². The standard InChI is InChI=1S/C2H5O3.H2S.Sb.H/c1-2(3,4)5;;;/h3-5H,1H2;1H2;;/q;;+1;/p-1. The van der Waals surface area contributed by atoms with Crippen molar-refractivity contribution in [2.75, 3.05) is 0 Å². The molecular weight excluding hydrogens is 226 g/mol. The first-order valence-corrected chi connectivity index (χ1v) is 7.90. The first-order valence-electron chi connectivity index (χ1n) is 1.60. The molecule has 0 aliphatic heterocycles. The Morgan fingerprint density at radius 1 is 1.43 bits per heavy atom. The summed E-state index contributed by atoms with van der Waals surface area (Å²) in [6, 6.07) is 0. The van der Waals surface area contributed by atoms with Gasteiger partial charge in [0, 0.05) is 0 Å². The minimum atomic E-state index is -2.45. The molecule has 5 heteroatoms. The van der Waals surface area contributed by atoms with Gasteiger partial charge in [-0.25, -0.2) is 0 Å². The second-order valence-electron chi connectivity index (χ2n) is 1.11. The molecular formula is C2H7O3SSb. The Morgan fingerprint density at radius 3 is 1.86 bits per heavy atom. The van der Waals surface area contributed by atoms with Gasteiger partial charge in [-0.1, -0.05) is 0 Å². The van der Waals surface area contributed by atoms with Gasteiger partial charge in [-0.2, -0.15) is 0 Å². The van der Waals surface area contributed by atoms with Crippen molar-refractivity contribution in [2.24, 2.45) is 0 Å². The summed E-state index contributed by atoms with van der Waals surface area (Å²) in [7, 11) is 3.80. The van der Waals surface area contributed by atoms with Gasteiger partial charge in [-0.3, -0.25) is 0 Å². The van der Waals surface area contributed by atoms with Crippen molar-refractivity contribution in [3.63, 3.8) is 0 Å². The van der Waals surface area contributed by atoms with E-state index in [0.717, 1.165) is 0 Å². The molecule has 0 fully saturated rings. The van der Waals surface area contributed by atoms with Crippen molar-refractivity contribution in [1.29, 1.82) is 0 Å². The molecule has 0 aromatic rings. The second kappa shape index (κ2) is 3.15. The van der Waals surface area contributed by atoms with Gasteiger partial charge in [0.15, 0.2) is 0 Å². The van der Waals surface area contributed by atoms with Crippen LogP contribution in [0.2, 0.25) is 4.37 Å². The molecule has 0 saturated heterocycles. The SMILES string of the molecule is OC(O)(O)[CH2][SbH][SH]. The average molecular weight is 233 g/mol. The van der Waals surface area contributed by atoms with Crippen LogP contribution >= 0.6 is 9.72 Å². The van der Waals surface area contributed by atoms with Crippen molar-refractivity contribution in [1.82, 2.24) is 0 Å². The molecule has 0 unspecified atom stereocenters. The first kappa shape index (κ1) is 8.05. The molecule has 0 rings (SSSR count). The molecule has 0 atom stereocenters. The van der Waals surface area contributed by atoms with Crippen LogP contribution in [0.3, 0.4) is 0 Å². The van der Waals surface area contributed by atoms with Gasteiger partial charge in [0.1, 0.15) is 0 Å². The third kappa shape index (κ3) is 7.05. The summed E-state index contributed by atoms with van der Waals surface area (Å²) in [4.78, 5) is 0. The van der Waals surface area contributed by atoms with Crippen LogP contribution in [0.15, 0.2) is 0 Å². The van der Waals surface area contributed by atoms with E-state index in [0.29, 0.717) is 0 Å². The topological polar surface area (TPSA) is 60.7 Å². The fourth-order valence-electron chi connectivity index (χ4n) is 0.106. The van der Waals surface area contributed by atoms with E-state index < -0.39 is 26.2 Å². The number of rotatable bonds is 2.